The Hall–Kier alpha value is -4.46. The van der Waals surface area contributed by atoms with Gasteiger partial charge in [0, 0.05) is 55.0 Å². The number of alkyl halides is 3. The summed E-state index contributed by atoms with van der Waals surface area (Å²) in [7, 11) is 1.68. The molecule has 0 aliphatic carbocycles. The van der Waals surface area contributed by atoms with Crippen LogP contribution in [0.5, 0.6) is 0 Å². The van der Waals surface area contributed by atoms with E-state index in [1.54, 1.807) is 72.8 Å². The molecule has 0 spiro atoms. The van der Waals surface area contributed by atoms with Crippen molar-refractivity contribution in [3.05, 3.63) is 54.5 Å². The third-order valence-electron chi connectivity index (χ3n) is 6.66. The number of hydrogen-bond acceptors (Lipinski definition) is 7. The Morgan fingerprint density at radius 2 is 1.98 bits per heavy atom. The monoisotopic (exact) mass is 572 g/mol. The topological polar surface area (TPSA) is 137 Å². The number of amides is 3. The minimum atomic E-state index is -4.51. The molecule has 1 aliphatic heterocycles. The van der Waals surface area contributed by atoms with Crippen LogP contribution in [-0.4, -0.2) is 82.7 Å². The van der Waals surface area contributed by atoms with Crippen LogP contribution in [-0.2, 0) is 9.53 Å². The van der Waals surface area contributed by atoms with Crippen LogP contribution < -0.4 is 16.0 Å². The van der Waals surface area contributed by atoms with E-state index in [0.29, 0.717) is 46.8 Å². The largest absolute Gasteiger partial charge is 0.405 e. The molecule has 1 aliphatic rings. The van der Waals surface area contributed by atoms with Crippen LogP contribution >= 0.6 is 0 Å². The molecule has 3 amide bonds. The number of imidazole rings is 1. The number of urea groups is 1. The molecular formula is C27H31F3N8O3. The van der Waals surface area contributed by atoms with Crippen molar-refractivity contribution in [1.29, 1.82) is 5.41 Å². The number of anilines is 1. The molecule has 1 unspecified atom stereocenters. The molecule has 2 aromatic heterocycles. The molecule has 14 heteroatoms. The van der Waals surface area contributed by atoms with Gasteiger partial charge in [0.1, 0.15) is 12.6 Å². The number of likely N-dealkylation sites (tertiary alicyclic amines) is 1. The minimum Gasteiger partial charge on any atom is -0.381 e. The molecule has 1 saturated heterocycles. The molecule has 1 fully saturated rings. The Bertz CT molecular complexity index is 1430. The van der Waals surface area contributed by atoms with Gasteiger partial charge in [-0.25, -0.2) is 14.3 Å². The number of fused-ring (bicyclic) bond motifs is 1. The fourth-order valence-electron chi connectivity index (χ4n) is 4.42. The number of rotatable bonds is 9. The Kier molecular flexibility index (Phi) is 9.22. The highest BCUT2D eigenvalue weighted by molar-refractivity contribution is 6.08. The normalized spacial score (nSPS) is 15.4. The van der Waals surface area contributed by atoms with E-state index in [4.69, 9.17) is 10.1 Å². The number of hydrogen-bond donors (Lipinski definition) is 4. The molecule has 0 bridgehead atoms. The van der Waals surface area contributed by atoms with Crippen molar-refractivity contribution in [1.82, 2.24) is 30.1 Å². The first kappa shape index (κ1) is 29.5. The first-order valence-electron chi connectivity index (χ1n) is 12.9. The number of aromatic nitrogens is 3. The number of halogens is 3. The predicted octanol–water partition coefficient (Wildman–Crippen LogP) is 3.69. The van der Waals surface area contributed by atoms with E-state index in [9.17, 15) is 22.8 Å². The maximum Gasteiger partial charge on any atom is 0.405 e. The SMILES string of the molecule is COC1CCN(C(=O)C(C)N/C=C(\C=N)c2cnn3c(-c4cccc(NC(=O)NCC(F)(F)F)c4)cnc3c2)CC1. The molecular weight excluding hydrogens is 541 g/mol. The van der Waals surface area contributed by atoms with Crippen LogP contribution in [0, 0.1) is 5.41 Å². The van der Waals surface area contributed by atoms with E-state index >= 15 is 0 Å². The third-order valence-corrected chi connectivity index (χ3v) is 6.66. The van der Waals surface area contributed by atoms with Crippen LogP contribution in [0.25, 0.3) is 22.5 Å². The molecule has 41 heavy (non-hydrogen) atoms. The number of methoxy groups -OCH3 is 1. The smallest absolute Gasteiger partial charge is 0.381 e. The van der Waals surface area contributed by atoms with Crippen molar-refractivity contribution in [2.75, 3.05) is 32.1 Å². The quantitative estimate of drug-likeness (QED) is 0.289. The summed E-state index contributed by atoms with van der Waals surface area (Å²) in [6, 6.07) is 6.81. The molecule has 218 valence electrons. The summed E-state index contributed by atoms with van der Waals surface area (Å²) in [5.41, 5.74) is 3.09. The summed E-state index contributed by atoms with van der Waals surface area (Å²) >= 11 is 0. The molecule has 1 atom stereocenters. The molecule has 11 nitrogen and oxygen atoms in total. The number of carbonyl (C=O) groups is 2. The fourth-order valence-corrected chi connectivity index (χ4v) is 4.42. The van der Waals surface area contributed by atoms with E-state index in [0.717, 1.165) is 19.1 Å². The zero-order valence-corrected chi connectivity index (χ0v) is 22.5. The molecule has 0 saturated carbocycles. The van der Waals surface area contributed by atoms with Crippen LogP contribution in [0.3, 0.4) is 0 Å². The number of nitrogens with one attached hydrogen (secondary N) is 4. The van der Waals surface area contributed by atoms with Gasteiger partial charge in [0.05, 0.1) is 24.2 Å². The lowest BCUT2D eigenvalue weighted by Crippen LogP contribution is -2.47. The summed E-state index contributed by atoms with van der Waals surface area (Å²) in [5, 5.41) is 19.6. The Morgan fingerprint density at radius 3 is 2.66 bits per heavy atom. The van der Waals surface area contributed by atoms with Crippen molar-refractivity contribution in [2.45, 2.75) is 38.1 Å². The highest BCUT2D eigenvalue weighted by Crippen LogP contribution is 2.24. The number of benzene rings is 1. The van der Waals surface area contributed by atoms with Crippen LogP contribution in [0.2, 0.25) is 0 Å². The highest BCUT2D eigenvalue weighted by Gasteiger charge is 2.28. The third kappa shape index (κ3) is 7.60. The van der Waals surface area contributed by atoms with E-state index in [1.807, 2.05) is 4.90 Å². The van der Waals surface area contributed by atoms with Gasteiger partial charge in [0.2, 0.25) is 5.91 Å². The van der Waals surface area contributed by atoms with Gasteiger partial charge in [-0.05, 0) is 38.0 Å². The molecule has 3 heterocycles. The van der Waals surface area contributed by atoms with Gasteiger partial charge in [0.15, 0.2) is 5.65 Å². The van der Waals surface area contributed by atoms with Crippen LogP contribution in [0.1, 0.15) is 25.3 Å². The maximum atomic E-state index is 12.8. The summed E-state index contributed by atoms with van der Waals surface area (Å²) in [4.78, 5) is 30.9. The van der Waals surface area contributed by atoms with Crippen molar-refractivity contribution in [3.63, 3.8) is 0 Å². The maximum absolute atomic E-state index is 12.8. The van der Waals surface area contributed by atoms with Gasteiger partial charge in [-0.1, -0.05) is 12.1 Å². The minimum absolute atomic E-state index is 0.0267. The Balaban J connectivity index is 1.44. The average molecular weight is 573 g/mol. The van der Waals surface area contributed by atoms with E-state index in [2.05, 4.69) is 20.7 Å². The summed E-state index contributed by atoms with van der Waals surface area (Å²) < 4.78 is 44.0. The van der Waals surface area contributed by atoms with E-state index in [1.165, 1.54) is 0 Å². The summed E-state index contributed by atoms with van der Waals surface area (Å²) in [6.07, 6.45) is 3.16. The molecule has 4 rings (SSSR count). The first-order chi connectivity index (χ1) is 19.6. The Morgan fingerprint density at radius 1 is 1.22 bits per heavy atom. The zero-order chi connectivity index (χ0) is 29.6. The molecule has 0 radical (unpaired) electrons. The highest BCUT2D eigenvalue weighted by atomic mass is 19.4. The molecule has 3 aromatic rings. The van der Waals surface area contributed by atoms with Gasteiger partial charge in [-0.15, -0.1) is 0 Å². The van der Waals surface area contributed by atoms with E-state index in [-0.39, 0.29) is 12.0 Å². The van der Waals surface area contributed by atoms with Gasteiger partial charge in [-0.3, -0.25) is 4.79 Å². The first-order valence-corrected chi connectivity index (χ1v) is 12.9. The molecule has 1 aromatic carbocycles. The number of allylic oxidation sites excluding steroid dienone is 1. The van der Waals surface area contributed by atoms with Gasteiger partial charge in [0.25, 0.3) is 0 Å². The zero-order valence-electron chi connectivity index (χ0n) is 22.5. The van der Waals surface area contributed by atoms with Crippen LogP contribution in [0.15, 0.2) is 48.9 Å². The van der Waals surface area contributed by atoms with Gasteiger partial charge < -0.3 is 31.0 Å². The number of carbonyl (C=O) groups excluding carboxylic acids is 2. The fraction of sp³-hybridized carbons (Fsp3) is 0.370. The predicted molar refractivity (Wildman–Crippen MR) is 147 cm³/mol. The lowest BCUT2D eigenvalue weighted by molar-refractivity contribution is -0.135. The number of piperidine rings is 1. The number of ether oxygens (including phenoxy) is 1. The second-order valence-electron chi connectivity index (χ2n) is 9.55. The summed E-state index contributed by atoms with van der Waals surface area (Å²) in [6.45, 7) is 1.60. The van der Waals surface area contributed by atoms with Crippen LogP contribution in [0.4, 0.5) is 23.7 Å². The Labute approximate surface area is 234 Å². The van der Waals surface area contributed by atoms with Crippen molar-refractivity contribution in [3.8, 4) is 11.3 Å². The van der Waals surface area contributed by atoms with Crippen molar-refractivity contribution < 1.29 is 27.5 Å². The van der Waals surface area contributed by atoms with Gasteiger partial charge >= 0.3 is 12.2 Å². The second-order valence-corrected chi connectivity index (χ2v) is 9.55. The van der Waals surface area contributed by atoms with Crippen molar-refractivity contribution in [2.24, 2.45) is 0 Å². The molecule has 4 N–H and O–H groups in total. The summed E-state index contributed by atoms with van der Waals surface area (Å²) in [5.74, 6) is -0.0267. The second kappa shape index (κ2) is 12.8. The number of nitrogens with zero attached hydrogens (tertiary/aromatic N) is 4. The van der Waals surface area contributed by atoms with E-state index < -0.39 is 24.8 Å². The van der Waals surface area contributed by atoms with Gasteiger partial charge in [-0.2, -0.15) is 18.3 Å². The van der Waals surface area contributed by atoms with Crippen molar-refractivity contribution >= 4 is 35.1 Å². The average Bonchev–Trinajstić information content (AvgIpc) is 3.39. The standard InChI is InChI=1S/C27H31F3N8O3/c1-17(25(39)37-8-6-22(41-2)7-9-37)32-13-20(12-31)19-11-24-33-15-23(38(24)35-14-19)18-4-3-5-21(10-18)36-26(40)34-16-27(28,29)30/h3-5,10-15,17,22,31-32H,6-9,16H2,1-2H3,(H2,34,36,40)/b20-13+,31-12?. The lowest BCUT2D eigenvalue weighted by atomic mass is 10.1. The lowest BCUT2D eigenvalue weighted by Gasteiger charge is -2.33.